The fourth-order valence-corrected chi connectivity index (χ4v) is 9.40. The fraction of sp³-hybridized carbons (Fsp3) is 0.0794. The quantitative estimate of drug-likeness (QED) is 0.0620. The largest absolute Gasteiger partial charge is 0.431 e. The smallest absolute Gasteiger partial charge is 0.419 e. The maximum atomic E-state index is 14.3. The number of pyridine rings is 6. The minimum Gasteiger partial charge on any atom is -0.431 e. The standard InChI is InChI=1S/C24H17F4N3O2.C15H11N3O3.C15H13N3O.C9H5NO4/c1-14-8-10-29-13-20(14)31-11-9-16-17(23(31)33)5-3-7-19(16)30-21(32)12-15-4-2-6-18(22(15)25)24(26,27)28;1-10-5-7-16-9-14(10)17-8-6-11-12(15(17)19)3-2-4-13(11)18(20)21;1-10-5-7-17-9-14(10)18-8-6-11-12(15(18)19)3-2-4-13(11)16;11-9-7-2-1-3-8(10(12)13)6(7)4-5-14-9/h2-11,13H,12H2,1H3,(H,30,32);2-9H,1H3;2-9H,16H2,1H3;1-5H. The molecule has 12 aromatic rings. The summed E-state index contributed by atoms with van der Waals surface area (Å²) in [4.78, 5) is 94.6. The minimum atomic E-state index is -4.86. The van der Waals surface area contributed by atoms with Gasteiger partial charge in [-0.05, 0) is 128 Å². The molecule has 20 nitrogen and oxygen atoms in total. The van der Waals surface area contributed by atoms with Gasteiger partial charge in [-0.3, -0.25) is 68.1 Å². The second kappa shape index (κ2) is 25.4. The molecule has 0 fully saturated rings. The molecule has 1 amide bonds. The maximum Gasteiger partial charge on any atom is 0.419 e. The lowest BCUT2D eigenvalue weighted by atomic mass is 10.1. The van der Waals surface area contributed by atoms with Crippen LogP contribution in [0.25, 0.3) is 60.2 Å². The van der Waals surface area contributed by atoms with Crippen molar-refractivity contribution < 1.29 is 36.6 Å². The number of nitro groups is 2. The highest BCUT2D eigenvalue weighted by molar-refractivity contribution is 6.02. The van der Waals surface area contributed by atoms with Gasteiger partial charge in [0.2, 0.25) is 5.91 Å². The summed E-state index contributed by atoms with van der Waals surface area (Å²) in [6.45, 7) is 5.67. The van der Waals surface area contributed by atoms with Gasteiger partial charge >= 0.3 is 11.8 Å². The first-order valence-corrected chi connectivity index (χ1v) is 26.0. The van der Waals surface area contributed by atoms with Gasteiger partial charge in [0.15, 0.2) is 0 Å². The number of nitrogens with zero attached hydrogens (tertiary/aromatic N) is 8. The highest BCUT2D eigenvalue weighted by atomic mass is 19.4. The number of nitrogen functional groups attached to an aromatic ring is 1. The Morgan fingerprint density at radius 1 is 0.552 bits per heavy atom. The molecule has 0 bridgehead atoms. The number of halogens is 4. The van der Waals surface area contributed by atoms with Crippen LogP contribution in [0.5, 0.6) is 0 Å². The van der Waals surface area contributed by atoms with Gasteiger partial charge in [-0.2, -0.15) is 13.2 Å². The number of carbonyl (C=O) groups excluding carboxylic acids is 1. The van der Waals surface area contributed by atoms with Crippen LogP contribution in [0.4, 0.5) is 40.3 Å². The summed E-state index contributed by atoms with van der Waals surface area (Å²) in [5, 5.41) is 27.5. The first kappa shape index (κ1) is 59.8. The van der Waals surface area contributed by atoms with Crippen molar-refractivity contribution in [2.75, 3.05) is 11.1 Å². The van der Waals surface area contributed by atoms with Crippen LogP contribution in [0.2, 0.25) is 0 Å². The lowest BCUT2D eigenvalue weighted by Gasteiger charge is -2.13. The Morgan fingerprint density at radius 2 is 0.977 bits per heavy atom. The van der Waals surface area contributed by atoms with E-state index in [9.17, 15) is 61.8 Å². The third-order valence-electron chi connectivity index (χ3n) is 13.8. The Labute approximate surface area is 487 Å². The normalized spacial score (nSPS) is 11.0. The molecule has 5 aromatic carbocycles. The molecular formula is C63H46F4N10O10. The Morgan fingerprint density at radius 3 is 1.47 bits per heavy atom. The lowest BCUT2D eigenvalue weighted by molar-refractivity contribution is -0.383. The predicted octanol–water partition coefficient (Wildman–Crippen LogP) is 11.6. The van der Waals surface area contributed by atoms with Crippen molar-refractivity contribution in [1.29, 1.82) is 0 Å². The number of carbonyl (C=O) groups is 1. The van der Waals surface area contributed by atoms with Crippen LogP contribution >= 0.6 is 0 Å². The Hall–Kier alpha value is -11.8. The van der Waals surface area contributed by atoms with Crippen LogP contribution in [0.1, 0.15) is 27.8 Å². The summed E-state index contributed by atoms with van der Waals surface area (Å²) < 4.78 is 62.1. The van der Waals surface area contributed by atoms with Gasteiger partial charge in [0.1, 0.15) is 5.82 Å². The molecule has 0 aliphatic carbocycles. The molecule has 7 aromatic heterocycles. The van der Waals surface area contributed by atoms with Gasteiger partial charge in [-0.25, -0.2) is 9.18 Å². The number of non-ortho nitro benzene ring substituents is 2. The summed E-state index contributed by atoms with van der Waals surface area (Å²) >= 11 is 0. The number of amides is 1. The molecule has 0 aliphatic heterocycles. The van der Waals surface area contributed by atoms with Crippen molar-refractivity contribution in [1.82, 2.24) is 28.7 Å². The number of nitrogens with one attached hydrogen (secondary N) is 1. The number of nitro benzene ring substituents is 2. The van der Waals surface area contributed by atoms with E-state index < -0.39 is 45.4 Å². The summed E-state index contributed by atoms with van der Waals surface area (Å²) in [5.74, 6) is -2.19. The van der Waals surface area contributed by atoms with Gasteiger partial charge in [-0.1, -0.05) is 36.4 Å². The zero-order valence-corrected chi connectivity index (χ0v) is 45.9. The number of hydrogen-bond donors (Lipinski definition) is 2. The number of aryl methyl sites for hydroxylation is 3. The van der Waals surface area contributed by atoms with E-state index >= 15 is 0 Å². The van der Waals surface area contributed by atoms with E-state index in [1.165, 1.54) is 45.5 Å². The summed E-state index contributed by atoms with van der Waals surface area (Å²) in [7, 11) is 0. The summed E-state index contributed by atoms with van der Waals surface area (Å²) in [6.07, 6.45) is 10.4. The van der Waals surface area contributed by atoms with Gasteiger partial charge < -0.3 is 15.5 Å². The van der Waals surface area contributed by atoms with Crippen LogP contribution in [0.15, 0.2) is 219 Å². The van der Waals surface area contributed by atoms with E-state index in [-0.39, 0.29) is 44.7 Å². The van der Waals surface area contributed by atoms with Crippen LogP contribution in [0.3, 0.4) is 0 Å². The van der Waals surface area contributed by atoms with Crippen LogP contribution in [-0.4, -0.2) is 44.4 Å². The number of benzene rings is 5. The molecule has 24 heteroatoms. The zero-order valence-electron chi connectivity index (χ0n) is 45.9. The molecule has 7 heterocycles. The Kier molecular flexibility index (Phi) is 17.4. The highest BCUT2D eigenvalue weighted by Gasteiger charge is 2.35. The van der Waals surface area contributed by atoms with E-state index in [0.717, 1.165) is 46.2 Å². The van der Waals surface area contributed by atoms with Gasteiger partial charge in [0.25, 0.3) is 28.1 Å². The first-order valence-electron chi connectivity index (χ1n) is 26.0. The molecule has 0 saturated carbocycles. The average Bonchev–Trinajstić information content (AvgIpc) is 1.38. The zero-order chi connectivity index (χ0) is 62.3. The molecule has 12 rings (SSSR count). The van der Waals surface area contributed by atoms with E-state index in [1.807, 2.05) is 32.9 Å². The van der Waals surface area contributed by atoms with Crippen LogP contribution < -0.4 is 33.4 Å². The number of hydrogen-bond acceptors (Lipinski definition) is 14. The average molecular weight is 1180 g/mol. The van der Waals surface area contributed by atoms with Crippen molar-refractivity contribution >= 4 is 71.7 Å². The fourth-order valence-electron chi connectivity index (χ4n) is 9.40. The third-order valence-corrected chi connectivity index (χ3v) is 13.8. The molecular weight excluding hydrogens is 1130 g/mol. The van der Waals surface area contributed by atoms with Crippen molar-refractivity contribution in [3.05, 3.63) is 291 Å². The van der Waals surface area contributed by atoms with Crippen LogP contribution in [0, 0.1) is 46.8 Å². The predicted molar refractivity (Wildman–Crippen MR) is 320 cm³/mol. The second-order valence-electron chi connectivity index (χ2n) is 19.2. The molecule has 0 atom stereocenters. The van der Waals surface area contributed by atoms with Crippen molar-refractivity contribution in [3.63, 3.8) is 0 Å². The third kappa shape index (κ3) is 12.7. The first-order chi connectivity index (χ1) is 41.6. The Balaban J connectivity index is 0.000000145. The maximum absolute atomic E-state index is 14.3. The van der Waals surface area contributed by atoms with E-state index in [1.54, 1.807) is 127 Å². The molecule has 0 spiro atoms. The lowest BCUT2D eigenvalue weighted by Crippen LogP contribution is -2.20. The van der Waals surface area contributed by atoms with E-state index in [0.29, 0.717) is 55.4 Å². The molecule has 436 valence electrons. The number of nitrogens with two attached hydrogens (primary N) is 1. The van der Waals surface area contributed by atoms with Crippen LogP contribution in [-0.2, 0) is 17.4 Å². The highest BCUT2D eigenvalue weighted by Crippen LogP contribution is 2.33. The van der Waals surface area contributed by atoms with Gasteiger partial charge in [0.05, 0.1) is 85.3 Å². The molecule has 0 unspecified atom stereocenters. The van der Waals surface area contributed by atoms with E-state index in [4.69, 9.17) is 5.73 Å². The van der Waals surface area contributed by atoms with Crippen molar-refractivity contribution in [2.45, 2.75) is 33.4 Å². The molecule has 87 heavy (non-hydrogen) atoms. The second-order valence-corrected chi connectivity index (χ2v) is 19.2. The van der Waals surface area contributed by atoms with Crippen molar-refractivity contribution in [2.24, 2.45) is 0 Å². The number of anilines is 2. The van der Waals surface area contributed by atoms with Gasteiger partial charge in [-0.15, -0.1) is 0 Å². The minimum absolute atomic E-state index is 0.0698. The number of aromatic nitrogens is 6. The van der Waals surface area contributed by atoms with Gasteiger partial charge in [0, 0.05) is 82.2 Å². The molecule has 0 aliphatic rings. The monoisotopic (exact) mass is 1180 g/mol. The van der Waals surface area contributed by atoms with E-state index in [2.05, 4.69) is 24.7 Å². The topological polar surface area (TPSA) is 276 Å². The summed E-state index contributed by atoms with van der Waals surface area (Å²) in [5.41, 5.74) is 8.36. The summed E-state index contributed by atoms with van der Waals surface area (Å²) in [6, 6.07) is 33.7. The number of fused-ring (bicyclic) bond motifs is 4. The Bertz CT molecular complexity index is 4930. The molecule has 3 N–H and O–H groups in total. The van der Waals surface area contributed by atoms with Crippen molar-refractivity contribution in [3.8, 4) is 17.1 Å². The number of rotatable bonds is 8. The molecule has 0 saturated heterocycles. The SMILES string of the molecule is Cc1ccncc1-n1ccc2c(N)cccc2c1=O.Cc1ccncc1-n1ccc2c(NC(=O)Cc3cccc(C(F)(F)F)c3F)cccc2c1=O.Cc1ccncc1-n1ccc2c([N+](=O)[O-])cccc2c1=O.O=c1occc2c([N+](=O)[O-])cccc12. The molecule has 0 radical (unpaired) electrons. The number of alkyl halides is 3.